The summed E-state index contributed by atoms with van der Waals surface area (Å²) in [5.74, 6) is 0.375. The highest BCUT2D eigenvalue weighted by atomic mass is 16.5. The molecule has 0 aromatic heterocycles. The van der Waals surface area contributed by atoms with E-state index < -0.39 is 6.23 Å². The van der Waals surface area contributed by atoms with Crippen LogP contribution >= 0.6 is 0 Å². The fourth-order valence-electron chi connectivity index (χ4n) is 1.63. The lowest BCUT2D eigenvalue weighted by molar-refractivity contribution is 0.0346. The van der Waals surface area contributed by atoms with Crippen LogP contribution in [0.1, 0.15) is 20.8 Å². The number of nitrogens with zero attached hydrogens (tertiary/aromatic N) is 1. The fourth-order valence-corrected chi connectivity index (χ4v) is 1.63. The monoisotopic (exact) mass is 211 g/mol. The van der Waals surface area contributed by atoms with Gasteiger partial charge in [-0.2, -0.15) is 0 Å². The molecule has 1 aliphatic heterocycles. The van der Waals surface area contributed by atoms with Crippen molar-refractivity contribution < 1.29 is 9.84 Å². The van der Waals surface area contributed by atoms with Gasteiger partial charge in [-0.25, -0.2) is 0 Å². The maximum absolute atomic E-state index is 10.0. The van der Waals surface area contributed by atoms with Crippen molar-refractivity contribution in [3.63, 3.8) is 0 Å². The minimum absolute atomic E-state index is 0.375. The SMILES string of the molecule is CCOCCN1C=CC=C(C(C)C)C1O. The molecule has 86 valence electrons. The predicted molar refractivity (Wildman–Crippen MR) is 61.3 cm³/mol. The minimum atomic E-state index is -0.490. The van der Waals surface area contributed by atoms with E-state index in [0.717, 1.165) is 18.7 Å². The second-order valence-corrected chi connectivity index (χ2v) is 3.97. The molecule has 1 heterocycles. The smallest absolute Gasteiger partial charge is 0.149 e. The first-order valence-corrected chi connectivity index (χ1v) is 5.56. The molecule has 0 bridgehead atoms. The number of hydrogen-bond acceptors (Lipinski definition) is 3. The summed E-state index contributed by atoms with van der Waals surface area (Å²) in [6.45, 7) is 8.27. The molecule has 3 heteroatoms. The van der Waals surface area contributed by atoms with Gasteiger partial charge in [0.25, 0.3) is 0 Å². The predicted octanol–water partition coefficient (Wildman–Crippen LogP) is 1.75. The van der Waals surface area contributed by atoms with Gasteiger partial charge in [-0.15, -0.1) is 0 Å². The van der Waals surface area contributed by atoms with E-state index >= 15 is 0 Å². The van der Waals surface area contributed by atoms with E-state index in [1.54, 1.807) is 0 Å². The Labute approximate surface area is 92.0 Å². The molecule has 1 N–H and O–H groups in total. The molecule has 0 radical (unpaired) electrons. The zero-order valence-electron chi connectivity index (χ0n) is 9.81. The first-order valence-electron chi connectivity index (χ1n) is 5.56. The Morgan fingerprint density at radius 2 is 2.27 bits per heavy atom. The molecule has 0 saturated carbocycles. The molecule has 1 unspecified atom stereocenters. The van der Waals surface area contributed by atoms with Crippen molar-refractivity contribution in [1.29, 1.82) is 0 Å². The van der Waals surface area contributed by atoms with Gasteiger partial charge in [-0.05, 0) is 24.5 Å². The molecule has 1 aliphatic rings. The number of rotatable bonds is 5. The van der Waals surface area contributed by atoms with Crippen LogP contribution in [0.4, 0.5) is 0 Å². The van der Waals surface area contributed by atoms with Crippen molar-refractivity contribution in [2.75, 3.05) is 19.8 Å². The molecule has 0 amide bonds. The molecular weight excluding hydrogens is 190 g/mol. The molecule has 3 nitrogen and oxygen atoms in total. The summed E-state index contributed by atoms with van der Waals surface area (Å²) >= 11 is 0. The molecule has 0 spiro atoms. The summed E-state index contributed by atoms with van der Waals surface area (Å²) in [6, 6.07) is 0. The van der Waals surface area contributed by atoms with Crippen molar-refractivity contribution in [3.8, 4) is 0 Å². The molecule has 1 rings (SSSR count). The summed E-state index contributed by atoms with van der Waals surface area (Å²) in [5, 5.41) is 10.0. The van der Waals surface area contributed by atoms with Gasteiger partial charge in [0.15, 0.2) is 0 Å². The van der Waals surface area contributed by atoms with Crippen LogP contribution in [0, 0.1) is 5.92 Å². The number of ether oxygens (including phenoxy) is 1. The Bertz CT molecular complexity index is 246. The van der Waals surface area contributed by atoms with Gasteiger partial charge in [0.2, 0.25) is 0 Å². The van der Waals surface area contributed by atoms with Crippen LogP contribution in [0.25, 0.3) is 0 Å². The van der Waals surface area contributed by atoms with Crippen LogP contribution < -0.4 is 0 Å². The van der Waals surface area contributed by atoms with E-state index in [2.05, 4.69) is 13.8 Å². The van der Waals surface area contributed by atoms with Crippen LogP contribution in [0.3, 0.4) is 0 Å². The molecule has 0 aromatic carbocycles. The van der Waals surface area contributed by atoms with Crippen LogP contribution in [0.2, 0.25) is 0 Å². The van der Waals surface area contributed by atoms with Gasteiger partial charge in [-0.1, -0.05) is 19.9 Å². The summed E-state index contributed by atoms with van der Waals surface area (Å²) in [5.41, 5.74) is 1.06. The van der Waals surface area contributed by atoms with Crippen molar-refractivity contribution in [2.45, 2.75) is 27.0 Å². The third-order valence-electron chi connectivity index (χ3n) is 2.54. The Kier molecular flexibility index (Phi) is 4.85. The molecule has 0 saturated heterocycles. The zero-order valence-corrected chi connectivity index (χ0v) is 9.81. The molecule has 15 heavy (non-hydrogen) atoms. The highest BCUT2D eigenvalue weighted by Gasteiger charge is 2.20. The van der Waals surface area contributed by atoms with Crippen molar-refractivity contribution in [1.82, 2.24) is 4.90 Å². The zero-order chi connectivity index (χ0) is 11.3. The van der Waals surface area contributed by atoms with E-state index in [0.29, 0.717) is 12.5 Å². The van der Waals surface area contributed by atoms with Crippen LogP contribution in [0.5, 0.6) is 0 Å². The number of allylic oxidation sites excluding steroid dienone is 2. The average molecular weight is 211 g/mol. The summed E-state index contributed by atoms with van der Waals surface area (Å²) in [4.78, 5) is 1.91. The first-order chi connectivity index (χ1) is 7.16. The highest BCUT2D eigenvalue weighted by Crippen LogP contribution is 2.21. The van der Waals surface area contributed by atoms with E-state index in [1.165, 1.54) is 0 Å². The number of aliphatic hydroxyl groups excluding tert-OH is 1. The van der Waals surface area contributed by atoms with E-state index in [9.17, 15) is 5.11 Å². The Morgan fingerprint density at radius 1 is 1.53 bits per heavy atom. The summed E-state index contributed by atoms with van der Waals surface area (Å²) in [7, 11) is 0. The Morgan fingerprint density at radius 3 is 2.87 bits per heavy atom. The standard InChI is InChI=1S/C12H21NO2/c1-4-15-9-8-13-7-5-6-11(10(2)3)12(13)14/h5-7,10,12,14H,4,8-9H2,1-3H3. The second kappa shape index (κ2) is 5.93. The molecule has 0 fully saturated rings. The lowest BCUT2D eigenvalue weighted by Gasteiger charge is -2.32. The molecular formula is C12H21NO2. The van der Waals surface area contributed by atoms with Gasteiger partial charge in [0, 0.05) is 19.4 Å². The minimum Gasteiger partial charge on any atom is -0.380 e. The van der Waals surface area contributed by atoms with E-state index in [1.807, 2.05) is 30.2 Å². The third-order valence-corrected chi connectivity index (χ3v) is 2.54. The summed E-state index contributed by atoms with van der Waals surface area (Å²) in [6.07, 6.45) is 5.39. The Hall–Kier alpha value is -0.800. The Balaban J connectivity index is 2.49. The normalized spacial score (nSPS) is 21.0. The second-order valence-electron chi connectivity index (χ2n) is 3.97. The van der Waals surface area contributed by atoms with Gasteiger partial charge in [0.05, 0.1) is 6.61 Å². The third kappa shape index (κ3) is 3.36. The highest BCUT2D eigenvalue weighted by molar-refractivity contribution is 5.22. The number of aliphatic hydroxyl groups is 1. The summed E-state index contributed by atoms with van der Waals surface area (Å²) < 4.78 is 5.27. The first kappa shape index (κ1) is 12.3. The van der Waals surface area contributed by atoms with E-state index in [4.69, 9.17) is 4.74 Å². The van der Waals surface area contributed by atoms with Gasteiger partial charge >= 0.3 is 0 Å². The van der Waals surface area contributed by atoms with Crippen LogP contribution in [-0.2, 0) is 4.74 Å². The lowest BCUT2D eigenvalue weighted by Crippen LogP contribution is -2.37. The molecule has 0 aliphatic carbocycles. The van der Waals surface area contributed by atoms with Crippen molar-refractivity contribution in [2.24, 2.45) is 5.92 Å². The molecule has 0 aromatic rings. The van der Waals surface area contributed by atoms with Gasteiger partial charge < -0.3 is 14.7 Å². The van der Waals surface area contributed by atoms with Gasteiger partial charge in [0.1, 0.15) is 6.23 Å². The maximum Gasteiger partial charge on any atom is 0.149 e. The fraction of sp³-hybridized carbons (Fsp3) is 0.667. The average Bonchev–Trinajstić information content (AvgIpc) is 2.20. The maximum atomic E-state index is 10.0. The molecule has 1 atom stereocenters. The van der Waals surface area contributed by atoms with Crippen LogP contribution in [0.15, 0.2) is 23.9 Å². The van der Waals surface area contributed by atoms with Gasteiger partial charge in [-0.3, -0.25) is 0 Å². The van der Waals surface area contributed by atoms with Crippen molar-refractivity contribution >= 4 is 0 Å². The van der Waals surface area contributed by atoms with Crippen LogP contribution in [-0.4, -0.2) is 36.0 Å². The quantitative estimate of drug-likeness (QED) is 0.703. The van der Waals surface area contributed by atoms with Crippen molar-refractivity contribution in [3.05, 3.63) is 23.9 Å². The topological polar surface area (TPSA) is 32.7 Å². The largest absolute Gasteiger partial charge is 0.380 e. The van der Waals surface area contributed by atoms with E-state index in [-0.39, 0.29) is 0 Å². The lowest BCUT2D eigenvalue weighted by atomic mass is 9.99. The number of hydrogen-bond donors (Lipinski definition) is 1.